The van der Waals surface area contributed by atoms with Crippen LogP contribution in [0, 0.1) is 5.92 Å². The van der Waals surface area contributed by atoms with Gasteiger partial charge in [0.05, 0.1) is 16.1 Å². The Kier molecular flexibility index (Phi) is 11.7. The Bertz CT molecular complexity index is 1310. The van der Waals surface area contributed by atoms with E-state index in [0.29, 0.717) is 50.5 Å². The standard InChI is InChI=1S/C33H42BrN3O6.ClH/c1-2-3-17-37-30(39)28(29(38)23-7-5-4-6-8-23)35-32(42)33(37)15-18-36(19-16-33)21-22-9-14-27(26(34)20-22)43-25-12-10-24(11-13-25)31(40)41;/h9-14,20,23,28-29,38H,2-8,15-19,21H2,1H3,(H,35,42)(H,40,41);1H/t28-,29-;/m1./s1. The molecule has 44 heavy (non-hydrogen) atoms. The Morgan fingerprint density at radius 3 is 2.39 bits per heavy atom. The van der Waals surface area contributed by atoms with Gasteiger partial charge in [-0.05, 0) is 95.9 Å². The zero-order valence-electron chi connectivity index (χ0n) is 25.2. The number of piperazine rings is 1. The molecule has 2 aliphatic heterocycles. The van der Waals surface area contributed by atoms with Gasteiger partial charge in [-0.25, -0.2) is 4.79 Å². The molecule has 9 nitrogen and oxygen atoms in total. The first kappa shape index (κ1) is 34.2. The van der Waals surface area contributed by atoms with E-state index >= 15 is 0 Å². The molecule has 2 saturated heterocycles. The van der Waals surface area contributed by atoms with Crippen molar-refractivity contribution in [2.45, 2.75) is 88.9 Å². The van der Waals surface area contributed by atoms with Gasteiger partial charge in [0.1, 0.15) is 23.1 Å². The second kappa shape index (κ2) is 15.1. The first-order valence-corrected chi connectivity index (χ1v) is 16.3. The molecule has 3 N–H and O–H groups in total. The number of halogens is 2. The monoisotopic (exact) mass is 691 g/mol. The van der Waals surface area contributed by atoms with Crippen molar-refractivity contribution >= 4 is 46.1 Å². The summed E-state index contributed by atoms with van der Waals surface area (Å²) in [5, 5.41) is 23.3. The number of aromatic carboxylic acids is 1. The fourth-order valence-corrected chi connectivity index (χ4v) is 7.32. The van der Waals surface area contributed by atoms with Gasteiger partial charge >= 0.3 is 5.97 Å². The fourth-order valence-electron chi connectivity index (χ4n) is 6.81. The predicted octanol–water partition coefficient (Wildman–Crippen LogP) is 5.76. The first-order valence-electron chi connectivity index (χ1n) is 15.5. The molecular weight excluding hydrogens is 650 g/mol. The summed E-state index contributed by atoms with van der Waals surface area (Å²) >= 11 is 3.60. The summed E-state index contributed by atoms with van der Waals surface area (Å²) in [6, 6.07) is 11.3. The average Bonchev–Trinajstić information content (AvgIpc) is 3.01. The number of aliphatic hydroxyl groups excluding tert-OH is 1. The van der Waals surface area contributed by atoms with Crippen LogP contribution in [0.2, 0.25) is 0 Å². The third-order valence-electron chi connectivity index (χ3n) is 9.38. The number of nitrogens with zero attached hydrogens (tertiary/aromatic N) is 2. The predicted molar refractivity (Wildman–Crippen MR) is 173 cm³/mol. The maximum atomic E-state index is 13.8. The highest BCUT2D eigenvalue weighted by Crippen LogP contribution is 2.37. The number of ether oxygens (including phenoxy) is 1. The molecule has 1 spiro atoms. The lowest BCUT2D eigenvalue weighted by atomic mass is 9.78. The van der Waals surface area contributed by atoms with E-state index in [-0.39, 0.29) is 35.7 Å². The number of carbonyl (C=O) groups excluding carboxylic acids is 2. The molecule has 2 aromatic carbocycles. The molecule has 1 saturated carbocycles. The Hall–Kier alpha value is -2.66. The number of rotatable bonds is 10. The van der Waals surface area contributed by atoms with Crippen molar-refractivity contribution in [2.24, 2.45) is 5.92 Å². The fraction of sp³-hybridized carbons (Fsp3) is 0.545. The number of amides is 2. The molecular formula is C33H43BrClN3O6. The van der Waals surface area contributed by atoms with Gasteiger partial charge in [0.25, 0.3) is 0 Å². The number of piperidine rings is 1. The van der Waals surface area contributed by atoms with Crippen molar-refractivity contribution < 1.29 is 29.3 Å². The van der Waals surface area contributed by atoms with Gasteiger partial charge in [-0.1, -0.05) is 38.7 Å². The number of unbranched alkanes of at least 4 members (excludes halogenated alkanes) is 1. The Morgan fingerprint density at radius 1 is 1.09 bits per heavy atom. The van der Waals surface area contributed by atoms with Crippen LogP contribution >= 0.6 is 28.3 Å². The summed E-state index contributed by atoms with van der Waals surface area (Å²) in [4.78, 5) is 42.8. The van der Waals surface area contributed by atoms with E-state index in [1.807, 2.05) is 23.1 Å². The largest absolute Gasteiger partial charge is 0.478 e. The highest BCUT2D eigenvalue weighted by atomic mass is 79.9. The molecule has 2 atom stereocenters. The van der Waals surface area contributed by atoms with Gasteiger partial charge < -0.3 is 25.2 Å². The number of carboxylic acids is 1. The van der Waals surface area contributed by atoms with Crippen molar-refractivity contribution in [3.63, 3.8) is 0 Å². The summed E-state index contributed by atoms with van der Waals surface area (Å²) in [6.07, 6.45) is 7.09. The van der Waals surface area contributed by atoms with Gasteiger partial charge in [0.15, 0.2) is 0 Å². The number of carboxylic acid groups (broad SMARTS) is 1. The smallest absolute Gasteiger partial charge is 0.335 e. The molecule has 0 unspecified atom stereocenters. The zero-order valence-corrected chi connectivity index (χ0v) is 27.6. The molecule has 0 radical (unpaired) electrons. The normalized spacial score (nSPS) is 21.4. The molecule has 2 heterocycles. The summed E-state index contributed by atoms with van der Waals surface area (Å²) in [7, 11) is 0. The molecule has 3 aliphatic rings. The summed E-state index contributed by atoms with van der Waals surface area (Å²) in [5.41, 5.74) is 0.407. The van der Waals surface area contributed by atoms with Crippen LogP contribution in [0.3, 0.4) is 0 Å². The van der Waals surface area contributed by atoms with Crippen LogP contribution in [0.25, 0.3) is 0 Å². The Morgan fingerprint density at radius 2 is 1.77 bits per heavy atom. The molecule has 0 aromatic heterocycles. The van der Waals surface area contributed by atoms with Crippen molar-refractivity contribution in [2.75, 3.05) is 19.6 Å². The third-order valence-corrected chi connectivity index (χ3v) is 10.0. The number of benzene rings is 2. The molecule has 11 heteroatoms. The van der Waals surface area contributed by atoms with Crippen molar-refractivity contribution in [3.05, 3.63) is 58.1 Å². The lowest BCUT2D eigenvalue weighted by Crippen LogP contribution is -2.75. The lowest BCUT2D eigenvalue weighted by molar-refractivity contribution is -0.166. The number of carbonyl (C=O) groups is 3. The van der Waals surface area contributed by atoms with E-state index in [1.54, 1.807) is 12.1 Å². The van der Waals surface area contributed by atoms with E-state index in [4.69, 9.17) is 9.84 Å². The van der Waals surface area contributed by atoms with E-state index < -0.39 is 23.7 Å². The number of likely N-dealkylation sites (tertiary alicyclic amines) is 1. The minimum Gasteiger partial charge on any atom is -0.478 e. The summed E-state index contributed by atoms with van der Waals surface area (Å²) in [6.45, 7) is 4.65. The van der Waals surface area contributed by atoms with Crippen molar-refractivity contribution in [3.8, 4) is 11.5 Å². The minimum atomic E-state index is -0.984. The topological polar surface area (TPSA) is 119 Å². The van der Waals surface area contributed by atoms with Gasteiger partial charge in [0, 0.05) is 26.2 Å². The molecule has 0 bridgehead atoms. The van der Waals surface area contributed by atoms with E-state index in [9.17, 15) is 19.5 Å². The van der Waals surface area contributed by atoms with Crippen LogP contribution in [-0.2, 0) is 16.1 Å². The highest BCUT2D eigenvalue weighted by molar-refractivity contribution is 9.10. The first-order chi connectivity index (χ1) is 20.7. The summed E-state index contributed by atoms with van der Waals surface area (Å²) in [5.74, 6) is -0.0112. The average molecular weight is 693 g/mol. The van der Waals surface area contributed by atoms with Crippen LogP contribution in [0.15, 0.2) is 46.9 Å². The SMILES string of the molecule is CCCCN1C(=O)[C@@H]([C@H](O)C2CCCCC2)NC(=O)C12CCN(Cc1ccc(Oc3ccc(C(=O)O)cc3)c(Br)c1)CC2.Cl. The van der Waals surface area contributed by atoms with E-state index in [2.05, 4.69) is 33.1 Å². The second-order valence-corrected chi connectivity index (χ2v) is 13.0. The summed E-state index contributed by atoms with van der Waals surface area (Å²) < 4.78 is 6.72. The molecule has 240 valence electrons. The van der Waals surface area contributed by atoms with Crippen LogP contribution in [0.4, 0.5) is 0 Å². The van der Waals surface area contributed by atoms with Crippen LogP contribution in [0.5, 0.6) is 11.5 Å². The van der Waals surface area contributed by atoms with Crippen molar-refractivity contribution in [1.29, 1.82) is 0 Å². The van der Waals surface area contributed by atoms with Crippen LogP contribution in [-0.4, -0.2) is 75.1 Å². The quantitative estimate of drug-likeness (QED) is 0.290. The maximum Gasteiger partial charge on any atom is 0.335 e. The number of hydrogen-bond acceptors (Lipinski definition) is 6. The number of aliphatic hydroxyl groups is 1. The van der Waals surface area contributed by atoms with Gasteiger partial charge in [-0.3, -0.25) is 14.5 Å². The zero-order chi connectivity index (χ0) is 30.6. The second-order valence-electron chi connectivity index (χ2n) is 12.2. The Labute approximate surface area is 273 Å². The lowest BCUT2D eigenvalue weighted by Gasteiger charge is -2.52. The van der Waals surface area contributed by atoms with Crippen molar-refractivity contribution in [1.82, 2.24) is 15.1 Å². The van der Waals surface area contributed by atoms with Crippen LogP contribution in [0.1, 0.15) is 80.6 Å². The number of hydrogen-bond donors (Lipinski definition) is 3. The minimum absolute atomic E-state index is 0. The highest BCUT2D eigenvalue weighted by Gasteiger charge is 2.55. The molecule has 2 amide bonds. The molecule has 3 fully saturated rings. The Balaban J connectivity index is 0.00000442. The van der Waals surface area contributed by atoms with Crippen LogP contribution < -0.4 is 10.1 Å². The maximum absolute atomic E-state index is 13.8. The van der Waals surface area contributed by atoms with E-state index in [0.717, 1.165) is 55.0 Å². The van der Waals surface area contributed by atoms with Gasteiger partial charge in [-0.15, -0.1) is 12.4 Å². The molecule has 5 rings (SSSR count). The van der Waals surface area contributed by atoms with E-state index in [1.165, 1.54) is 12.1 Å². The molecule has 2 aromatic rings. The number of nitrogens with one attached hydrogen (secondary N) is 1. The van der Waals surface area contributed by atoms with Gasteiger partial charge in [0.2, 0.25) is 11.8 Å². The third kappa shape index (κ3) is 7.41. The van der Waals surface area contributed by atoms with Gasteiger partial charge in [-0.2, -0.15) is 0 Å². The molecule has 1 aliphatic carbocycles.